The number of carbonyl (C=O) groups is 1. The summed E-state index contributed by atoms with van der Waals surface area (Å²) in [6.07, 6.45) is 6.40. The number of nitrogens with two attached hydrogens (primary N) is 1. The van der Waals surface area contributed by atoms with Crippen molar-refractivity contribution in [3.8, 4) is 17.0 Å². The minimum absolute atomic E-state index is 0.176. The molecular weight excluding hydrogens is 320 g/mol. The number of aryl methyl sites for hydroxylation is 1. The lowest BCUT2D eigenvalue weighted by Crippen LogP contribution is -2.15. The zero-order valence-corrected chi connectivity index (χ0v) is 13.9. The van der Waals surface area contributed by atoms with Crippen LogP contribution in [-0.2, 0) is 7.05 Å². The van der Waals surface area contributed by atoms with Gasteiger partial charge < -0.3 is 15.8 Å². The van der Waals surface area contributed by atoms with E-state index in [-0.39, 0.29) is 5.69 Å². The lowest BCUT2D eigenvalue weighted by molar-refractivity contribution is 0.102. The summed E-state index contributed by atoms with van der Waals surface area (Å²) in [5, 5.41) is 6.91. The van der Waals surface area contributed by atoms with Crippen LogP contribution in [0, 0.1) is 0 Å². The van der Waals surface area contributed by atoms with Crippen LogP contribution in [0.4, 0.5) is 11.4 Å². The lowest BCUT2D eigenvalue weighted by Gasteiger charge is -2.10. The van der Waals surface area contributed by atoms with Crippen molar-refractivity contribution in [1.29, 1.82) is 0 Å². The molecule has 1 amide bonds. The molecule has 0 saturated heterocycles. The van der Waals surface area contributed by atoms with Gasteiger partial charge in [0.1, 0.15) is 5.69 Å². The second kappa shape index (κ2) is 7.00. The van der Waals surface area contributed by atoms with Gasteiger partial charge in [0.25, 0.3) is 5.91 Å². The number of hydrogen-bond donors (Lipinski definition) is 2. The Labute approximate surface area is 144 Å². The fourth-order valence-electron chi connectivity index (χ4n) is 2.26. The third kappa shape index (κ3) is 3.74. The van der Waals surface area contributed by atoms with Crippen molar-refractivity contribution < 1.29 is 9.53 Å². The smallest absolute Gasteiger partial charge is 0.275 e. The number of nitrogen functional groups attached to an aromatic ring is 1. The molecule has 0 fully saturated rings. The van der Waals surface area contributed by atoms with Crippen LogP contribution in [0.5, 0.6) is 5.88 Å². The maximum absolute atomic E-state index is 12.4. The predicted molar refractivity (Wildman–Crippen MR) is 94.2 cm³/mol. The Kier molecular flexibility index (Phi) is 4.60. The highest BCUT2D eigenvalue weighted by Gasteiger charge is 2.12. The number of nitrogens with zero attached hydrogens (tertiary/aromatic N) is 4. The first-order chi connectivity index (χ1) is 12.1. The highest BCUT2D eigenvalue weighted by molar-refractivity contribution is 6.04. The molecule has 0 saturated carbocycles. The molecule has 0 bridgehead atoms. The van der Waals surface area contributed by atoms with E-state index in [0.717, 1.165) is 11.1 Å². The summed E-state index contributed by atoms with van der Waals surface area (Å²) in [5.74, 6) is -0.0253. The second-order valence-electron chi connectivity index (χ2n) is 5.33. The first-order valence-electron chi connectivity index (χ1n) is 7.71. The van der Waals surface area contributed by atoms with E-state index in [0.29, 0.717) is 23.9 Å². The van der Waals surface area contributed by atoms with Gasteiger partial charge in [-0.3, -0.25) is 9.48 Å². The third-order valence-corrected chi connectivity index (χ3v) is 3.49. The standard InChI is InChI=1S/C17H18N6O2/c1-3-25-16-9-19-15(8-20-16)17(24)22-14-6-11(4-5-13(14)18)12-7-21-23(2)10-12/h4-10H,3,18H2,1-2H3,(H,22,24). The molecular formula is C17H18N6O2. The Morgan fingerprint density at radius 2 is 2.08 bits per heavy atom. The first kappa shape index (κ1) is 16.4. The Morgan fingerprint density at radius 1 is 1.24 bits per heavy atom. The van der Waals surface area contributed by atoms with Gasteiger partial charge >= 0.3 is 0 Å². The molecule has 8 nitrogen and oxygen atoms in total. The zero-order valence-electron chi connectivity index (χ0n) is 13.9. The fraction of sp³-hybridized carbons (Fsp3) is 0.176. The van der Waals surface area contributed by atoms with Crippen molar-refractivity contribution in [2.24, 2.45) is 7.05 Å². The molecule has 0 spiro atoms. The van der Waals surface area contributed by atoms with E-state index in [1.807, 2.05) is 26.2 Å². The summed E-state index contributed by atoms with van der Waals surface area (Å²) in [4.78, 5) is 20.4. The first-order valence-corrected chi connectivity index (χ1v) is 7.71. The van der Waals surface area contributed by atoms with Crippen molar-refractivity contribution in [1.82, 2.24) is 19.7 Å². The van der Waals surface area contributed by atoms with Gasteiger partial charge in [0, 0.05) is 18.8 Å². The van der Waals surface area contributed by atoms with E-state index in [4.69, 9.17) is 10.5 Å². The molecule has 3 N–H and O–H groups in total. The highest BCUT2D eigenvalue weighted by Crippen LogP contribution is 2.27. The van der Waals surface area contributed by atoms with Gasteiger partial charge in [-0.05, 0) is 24.6 Å². The largest absolute Gasteiger partial charge is 0.477 e. The van der Waals surface area contributed by atoms with Gasteiger partial charge in [-0.15, -0.1) is 0 Å². The van der Waals surface area contributed by atoms with Crippen LogP contribution in [0.25, 0.3) is 11.1 Å². The molecule has 0 aliphatic carbocycles. The number of aromatic nitrogens is 4. The Balaban J connectivity index is 1.80. The Hall–Kier alpha value is -3.42. The van der Waals surface area contributed by atoms with Crippen molar-refractivity contribution in [3.63, 3.8) is 0 Å². The van der Waals surface area contributed by atoms with Crippen LogP contribution in [0.3, 0.4) is 0 Å². The molecule has 128 valence electrons. The summed E-state index contributed by atoms with van der Waals surface area (Å²) in [6, 6.07) is 5.41. The van der Waals surface area contributed by atoms with E-state index >= 15 is 0 Å². The Bertz CT molecular complexity index is 888. The Morgan fingerprint density at radius 3 is 2.72 bits per heavy atom. The van der Waals surface area contributed by atoms with Gasteiger partial charge in [0.05, 0.1) is 36.6 Å². The van der Waals surface area contributed by atoms with Crippen LogP contribution in [0.15, 0.2) is 43.0 Å². The molecule has 0 aliphatic rings. The topological polar surface area (TPSA) is 108 Å². The normalized spacial score (nSPS) is 10.5. The molecule has 25 heavy (non-hydrogen) atoms. The summed E-state index contributed by atoms with van der Waals surface area (Å²) >= 11 is 0. The number of anilines is 2. The number of hydrogen-bond acceptors (Lipinski definition) is 6. The monoisotopic (exact) mass is 338 g/mol. The molecule has 1 aromatic carbocycles. The molecule has 3 aromatic rings. The van der Waals surface area contributed by atoms with Gasteiger partial charge in [-0.2, -0.15) is 5.10 Å². The van der Waals surface area contributed by atoms with Crippen molar-refractivity contribution in [2.45, 2.75) is 6.92 Å². The minimum Gasteiger partial charge on any atom is -0.477 e. The number of nitrogens with one attached hydrogen (secondary N) is 1. The van der Waals surface area contributed by atoms with Crippen molar-refractivity contribution in [2.75, 3.05) is 17.7 Å². The van der Waals surface area contributed by atoms with Gasteiger partial charge in [-0.25, -0.2) is 9.97 Å². The van der Waals surface area contributed by atoms with Crippen molar-refractivity contribution >= 4 is 17.3 Å². The summed E-state index contributed by atoms with van der Waals surface area (Å²) < 4.78 is 6.92. The molecule has 0 aliphatic heterocycles. The van der Waals surface area contributed by atoms with Gasteiger partial charge in [-0.1, -0.05) is 6.07 Å². The maximum atomic E-state index is 12.4. The van der Waals surface area contributed by atoms with E-state index in [1.165, 1.54) is 12.4 Å². The summed E-state index contributed by atoms with van der Waals surface area (Å²) in [7, 11) is 1.84. The van der Waals surface area contributed by atoms with E-state index in [9.17, 15) is 4.79 Å². The molecule has 0 atom stereocenters. The van der Waals surface area contributed by atoms with Gasteiger partial charge in [0.2, 0.25) is 5.88 Å². The van der Waals surface area contributed by atoms with E-state index < -0.39 is 5.91 Å². The number of amides is 1. The fourth-order valence-corrected chi connectivity index (χ4v) is 2.26. The van der Waals surface area contributed by atoms with Crippen molar-refractivity contribution in [3.05, 3.63) is 48.7 Å². The molecule has 2 heterocycles. The quantitative estimate of drug-likeness (QED) is 0.690. The van der Waals surface area contributed by atoms with E-state index in [2.05, 4.69) is 20.4 Å². The molecule has 0 unspecified atom stereocenters. The summed E-state index contributed by atoms with van der Waals surface area (Å²) in [6.45, 7) is 2.33. The SMILES string of the molecule is CCOc1cnc(C(=O)Nc2cc(-c3cnn(C)c3)ccc2N)cn1. The third-order valence-electron chi connectivity index (χ3n) is 3.49. The van der Waals surface area contributed by atoms with Gasteiger partial charge in [0.15, 0.2) is 0 Å². The molecule has 0 radical (unpaired) electrons. The minimum atomic E-state index is -0.398. The van der Waals surface area contributed by atoms with E-state index in [1.54, 1.807) is 23.0 Å². The number of rotatable bonds is 5. The van der Waals surface area contributed by atoms with Crippen LogP contribution in [0.1, 0.15) is 17.4 Å². The van der Waals surface area contributed by atoms with Crippen LogP contribution in [0.2, 0.25) is 0 Å². The highest BCUT2D eigenvalue weighted by atomic mass is 16.5. The average molecular weight is 338 g/mol. The molecule has 3 rings (SSSR count). The summed E-state index contributed by atoms with van der Waals surface area (Å²) in [5.41, 5.74) is 8.93. The second-order valence-corrected chi connectivity index (χ2v) is 5.33. The van der Waals surface area contributed by atoms with Crippen LogP contribution in [-0.4, -0.2) is 32.3 Å². The number of carbonyl (C=O) groups excluding carboxylic acids is 1. The lowest BCUT2D eigenvalue weighted by atomic mass is 10.1. The average Bonchev–Trinajstić information content (AvgIpc) is 3.04. The number of benzene rings is 1. The number of ether oxygens (including phenoxy) is 1. The molecule has 8 heteroatoms. The predicted octanol–water partition coefficient (Wildman–Crippen LogP) is 2.11. The van der Waals surface area contributed by atoms with Crippen LogP contribution < -0.4 is 15.8 Å². The zero-order chi connectivity index (χ0) is 17.8. The van der Waals surface area contributed by atoms with Crippen LogP contribution >= 0.6 is 0 Å². The maximum Gasteiger partial charge on any atom is 0.275 e. The molecule has 2 aromatic heterocycles.